The first kappa shape index (κ1) is 16.8. The zero-order valence-corrected chi connectivity index (χ0v) is 15.0. The van der Waals surface area contributed by atoms with Crippen LogP contribution in [0, 0.1) is 5.82 Å². The molecule has 1 amide bonds. The molecular weight excluding hydrogens is 359 g/mol. The molecule has 26 heavy (non-hydrogen) atoms. The number of halogens is 2. The van der Waals surface area contributed by atoms with E-state index < -0.39 is 5.82 Å². The monoisotopic (exact) mass is 374 g/mol. The topological polar surface area (TPSA) is 71.1 Å². The van der Waals surface area contributed by atoms with E-state index in [0.717, 1.165) is 11.3 Å². The van der Waals surface area contributed by atoms with E-state index in [-0.39, 0.29) is 23.3 Å². The van der Waals surface area contributed by atoms with Crippen molar-refractivity contribution in [2.75, 3.05) is 13.7 Å². The first-order chi connectivity index (χ1) is 12.5. The van der Waals surface area contributed by atoms with Crippen LogP contribution in [0.4, 0.5) is 4.39 Å². The molecule has 8 heteroatoms. The lowest BCUT2D eigenvalue weighted by atomic mass is 9.97. The highest BCUT2D eigenvalue weighted by atomic mass is 35.5. The third-order valence-electron chi connectivity index (χ3n) is 4.74. The van der Waals surface area contributed by atoms with Gasteiger partial charge in [0.2, 0.25) is 0 Å². The van der Waals surface area contributed by atoms with Gasteiger partial charge in [-0.15, -0.1) is 0 Å². The molecule has 0 spiro atoms. The fourth-order valence-corrected chi connectivity index (χ4v) is 3.64. The van der Waals surface area contributed by atoms with Crippen molar-refractivity contribution in [1.29, 1.82) is 0 Å². The largest absolute Gasteiger partial charge is 0.496 e. The summed E-state index contributed by atoms with van der Waals surface area (Å²) in [6.07, 6.45) is 2.31. The van der Waals surface area contributed by atoms with E-state index in [4.69, 9.17) is 16.3 Å². The lowest BCUT2D eigenvalue weighted by molar-refractivity contribution is 0.0662. The number of imidazole rings is 1. The highest BCUT2D eigenvalue weighted by Gasteiger charge is 2.33. The van der Waals surface area contributed by atoms with Gasteiger partial charge >= 0.3 is 0 Å². The Balaban J connectivity index is 1.73. The molecular formula is C18H16ClFN4O2. The molecule has 1 N–H and O–H groups in total. The quantitative estimate of drug-likeness (QED) is 0.745. The minimum absolute atomic E-state index is 0.0603. The fraction of sp³-hybridized carbons (Fsp3) is 0.278. The van der Waals surface area contributed by atoms with Crippen LogP contribution in [0.2, 0.25) is 5.02 Å². The van der Waals surface area contributed by atoms with Gasteiger partial charge in [-0.2, -0.15) is 0 Å². The SMILES string of the molecule is COc1ccnc2c1C(C)N(C(=O)c1nc3c(F)ccc(Cl)c3[nH]1)CC2. The molecule has 3 aromatic rings. The first-order valence-corrected chi connectivity index (χ1v) is 8.55. The number of benzene rings is 1. The van der Waals surface area contributed by atoms with Crippen molar-refractivity contribution >= 4 is 28.5 Å². The van der Waals surface area contributed by atoms with E-state index in [9.17, 15) is 9.18 Å². The molecule has 0 aliphatic carbocycles. The van der Waals surface area contributed by atoms with E-state index in [2.05, 4.69) is 15.0 Å². The molecule has 3 heterocycles. The Kier molecular flexibility index (Phi) is 4.03. The maximum atomic E-state index is 14.0. The molecule has 1 aromatic carbocycles. The number of hydrogen-bond acceptors (Lipinski definition) is 4. The van der Waals surface area contributed by atoms with Gasteiger partial charge in [-0.05, 0) is 25.1 Å². The van der Waals surface area contributed by atoms with Gasteiger partial charge in [0.25, 0.3) is 5.91 Å². The van der Waals surface area contributed by atoms with Crippen molar-refractivity contribution < 1.29 is 13.9 Å². The summed E-state index contributed by atoms with van der Waals surface area (Å²) in [4.78, 5) is 26.1. The highest BCUT2D eigenvalue weighted by molar-refractivity contribution is 6.35. The van der Waals surface area contributed by atoms with Crippen LogP contribution in [0.1, 0.15) is 34.8 Å². The normalized spacial score (nSPS) is 16.6. The van der Waals surface area contributed by atoms with E-state index in [0.29, 0.717) is 29.3 Å². The van der Waals surface area contributed by atoms with E-state index in [1.54, 1.807) is 24.3 Å². The summed E-state index contributed by atoms with van der Waals surface area (Å²) in [6.45, 7) is 2.40. The number of methoxy groups -OCH3 is 1. The summed E-state index contributed by atoms with van der Waals surface area (Å²) in [7, 11) is 1.59. The number of carbonyl (C=O) groups is 1. The summed E-state index contributed by atoms with van der Waals surface area (Å²) in [6, 6.07) is 4.20. The molecule has 1 atom stereocenters. The van der Waals surface area contributed by atoms with Crippen LogP contribution in [0.15, 0.2) is 24.4 Å². The van der Waals surface area contributed by atoms with E-state index in [1.165, 1.54) is 12.1 Å². The number of nitrogens with one attached hydrogen (secondary N) is 1. The van der Waals surface area contributed by atoms with Crippen molar-refractivity contribution in [3.8, 4) is 5.75 Å². The van der Waals surface area contributed by atoms with Gasteiger partial charge in [-0.3, -0.25) is 9.78 Å². The number of pyridine rings is 1. The Morgan fingerprint density at radius 1 is 1.42 bits per heavy atom. The molecule has 1 unspecified atom stereocenters. The number of aromatic nitrogens is 3. The van der Waals surface area contributed by atoms with Crippen LogP contribution in [-0.4, -0.2) is 39.4 Å². The lowest BCUT2D eigenvalue weighted by Crippen LogP contribution is -2.39. The standard InChI is InChI=1S/C18H16ClFN4O2/c1-9-14-12(21-7-5-13(14)26-2)6-8-24(9)18(25)17-22-15-10(19)3-4-11(20)16(15)23-17/h3-5,7,9H,6,8H2,1-2H3,(H,22,23). The number of amides is 1. The number of carbonyl (C=O) groups excluding carboxylic acids is 1. The summed E-state index contributed by atoms with van der Waals surface area (Å²) in [5, 5.41) is 0.316. The summed E-state index contributed by atoms with van der Waals surface area (Å²) in [5.74, 6) is -0.0906. The molecule has 0 saturated heterocycles. The number of rotatable bonds is 2. The predicted molar refractivity (Wildman–Crippen MR) is 95.0 cm³/mol. The van der Waals surface area contributed by atoms with E-state index in [1.807, 2.05) is 6.92 Å². The molecule has 1 aliphatic rings. The minimum atomic E-state index is -0.525. The predicted octanol–water partition coefficient (Wildman–Crippen LogP) is 3.52. The lowest BCUT2D eigenvalue weighted by Gasteiger charge is -2.34. The van der Waals surface area contributed by atoms with E-state index >= 15 is 0 Å². The van der Waals surface area contributed by atoms with Crippen LogP contribution in [0.25, 0.3) is 11.0 Å². The van der Waals surface area contributed by atoms with Gasteiger partial charge in [0.1, 0.15) is 11.3 Å². The second kappa shape index (κ2) is 6.25. The fourth-order valence-electron chi connectivity index (χ4n) is 3.44. The Morgan fingerprint density at radius 2 is 2.23 bits per heavy atom. The number of aromatic amines is 1. The molecule has 134 valence electrons. The van der Waals surface area contributed by atoms with Crippen LogP contribution in [0.3, 0.4) is 0 Å². The van der Waals surface area contributed by atoms with Crippen LogP contribution < -0.4 is 4.74 Å². The maximum Gasteiger partial charge on any atom is 0.290 e. The third-order valence-corrected chi connectivity index (χ3v) is 5.05. The summed E-state index contributed by atoms with van der Waals surface area (Å²) in [5.41, 5.74) is 2.18. The van der Waals surface area contributed by atoms with Gasteiger partial charge < -0.3 is 14.6 Å². The Morgan fingerprint density at radius 3 is 2.96 bits per heavy atom. The Bertz CT molecular complexity index is 967. The number of hydrogen-bond donors (Lipinski definition) is 1. The molecule has 0 bridgehead atoms. The van der Waals surface area contributed by atoms with Gasteiger partial charge in [-0.25, -0.2) is 9.37 Å². The summed E-state index contributed by atoms with van der Waals surface area (Å²) < 4.78 is 19.4. The van der Waals surface area contributed by atoms with Crippen molar-refractivity contribution in [1.82, 2.24) is 19.9 Å². The van der Waals surface area contributed by atoms with Crippen molar-refractivity contribution in [3.63, 3.8) is 0 Å². The second-order valence-corrected chi connectivity index (χ2v) is 6.54. The highest BCUT2D eigenvalue weighted by Crippen LogP contribution is 2.36. The molecule has 2 aromatic heterocycles. The zero-order valence-electron chi connectivity index (χ0n) is 14.2. The van der Waals surface area contributed by atoms with Crippen molar-refractivity contribution in [2.45, 2.75) is 19.4 Å². The van der Waals surface area contributed by atoms with Crippen molar-refractivity contribution in [2.24, 2.45) is 0 Å². The molecule has 0 saturated carbocycles. The van der Waals surface area contributed by atoms with Gasteiger partial charge in [-0.1, -0.05) is 11.6 Å². The van der Waals surface area contributed by atoms with Crippen LogP contribution >= 0.6 is 11.6 Å². The Labute approximate surface area is 154 Å². The molecule has 0 radical (unpaired) electrons. The number of fused-ring (bicyclic) bond motifs is 2. The number of nitrogens with zero attached hydrogens (tertiary/aromatic N) is 3. The van der Waals surface area contributed by atoms with Gasteiger partial charge in [0.05, 0.1) is 29.4 Å². The molecule has 6 nitrogen and oxygen atoms in total. The number of ether oxygens (including phenoxy) is 1. The van der Waals surface area contributed by atoms with Crippen LogP contribution in [0.5, 0.6) is 5.75 Å². The van der Waals surface area contributed by atoms with Gasteiger partial charge in [0, 0.05) is 24.7 Å². The molecule has 1 aliphatic heterocycles. The first-order valence-electron chi connectivity index (χ1n) is 8.17. The minimum Gasteiger partial charge on any atom is -0.496 e. The van der Waals surface area contributed by atoms with Gasteiger partial charge in [0.15, 0.2) is 11.6 Å². The number of H-pyrrole nitrogens is 1. The van der Waals surface area contributed by atoms with Crippen molar-refractivity contribution in [3.05, 3.63) is 52.3 Å². The average molecular weight is 375 g/mol. The third kappa shape index (κ3) is 2.50. The Hall–Kier alpha value is -2.67. The second-order valence-electron chi connectivity index (χ2n) is 6.14. The molecule has 0 fully saturated rings. The maximum absolute atomic E-state index is 14.0. The zero-order chi connectivity index (χ0) is 18.4. The van der Waals surface area contributed by atoms with Crippen LogP contribution in [-0.2, 0) is 6.42 Å². The average Bonchev–Trinajstić information content (AvgIpc) is 3.11. The summed E-state index contributed by atoms with van der Waals surface area (Å²) >= 11 is 6.08. The smallest absolute Gasteiger partial charge is 0.290 e. The molecule has 4 rings (SSSR count).